The second-order valence-corrected chi connectivity index (χ2v) is 12.6. The Morgan fingerprint density at radius 2 is 1.16 bits per heavy atom. The molecule has 0 unspecified atom stereocenters. The lowest BCUT2D eigenvalue weighted by Crippen LogP contribution is -2.01. The normalized spacial score (nSPS) is 12.0. The van der Waals surface area contributed by atoms with Gasteiger partial charge in [0.2, 0.25) is 11.8 Å². The molecule has 18 heteroatoms. The number of nitrogens with zero attached hydrogens (tertiary/aromatic N) is 8. The Kier molecular flexibility index (Phi) is 9.81. The van der Waals surface area contributed by atoms with Crippen molar-refractivity contribution in [2.24, 2.45) is 20.5 Å². The van der Waals surface area contributed by atoms with Crippen molar-refractivity contribution in [1.29, 1.82) is 0 Å². The molecule has 0 aliphatic rings. The number of aryl methyl sites for hydroxylation is 2. The lowest BCUT2D eigenvalue weighted by atomic mass is 10.0. The third kappa shape index (κ3) is 7.15. The lowest BCUT2D eigenvalue weighted by molar-refractivity contribution is -0.432. The van der Waals surface area contributed by atoms with E-state index >= 15 is 0 Å². The second-order valence-electron chi connectivity index (χ2n) is 10.5. The van der Waals surface area contributed by atoms with Gasteiger partial charge in [0, 0.05) is 10.5 Å². The van der Waals surface area contributed by atoms with E-state index in [2.05, 4.69) is 40.0 Å². The van der Waals surface area contributed by atoms with E-state index in [0.29, 0.717) is 34.8 Å². The molecule has 0 aliphatic carbocycles. The van der Waals surface area contributed by atoms with Crippen LogP contribution in [0.25, 0.3) is 22.5 Å². The molecule has 0 saturated heterocycles. The van der Waals surface area contributed by atoms with Gasteiger partial charge in [-0.15, -0.1) is 14.6 Å². The van der Waals surface area contributed by atoms with E-state index in [4.69, 9.17) is 5.26 Å². The predicted molar refractivity (Wildman–Crippen MR) is 181 cm³/mol. The van der Waals surface area contributed by atoms with Gasteiger partial charge in [0.05, 0.1) is 46.2 Å². The topological polar surface area (TPSA) is 219 Å². The van der Waals surface area contributed by atoms with Gasteiger partial charge in [0.15, 0.2) is 11.4 Å². The molecule has 4 N–H and O–H groups in total. The SMILES string of the molecule is Cc1nn(-c2ccccc2)c(O)c1/N=N/c1ccc(-c2ccc(/N=N/c3c(C)nn(-c4ccccc4)c3O)cc2S(=O)(=O)O)c(SOOO)c1. The number of para-hydroxylation sites is 2. The molecule has 2 heterocycles. The number of aromatic nitrogens is 4. The summed E-state index contributed by atoms with van der Waals surface area (Å²) in [5.74, 6) is -0.504. The highest BCUT2D eigenvalue weighted by Gasteiger charge is 2.22. The van der Waals surface area contributed by atoms with E-state index in [-0.39, 0.29) is 50.5 Å². The molecule has 2 aromatic heterocycles. The van der Waals surface area contributed by atoms with Gasteiger partial charge in [-0.1, -0.05) is 53.6 Å². The average Bonchev–Trinajstić information content (AvgIpc) is 3.57. The minimum Gasteiger partial charge on any atom is -0.492 e. The number of hydrogen-bond acceptors (Lipinski definition) is 14. The molecule has 254 valence electrons. The highest BCUT2D eigenvalue weighted by Crippen LogP contribution is 2.41. The molecule has 50 heavy (non-hydrogen) atoms. The van der Waals surface area contributed by atoms with Crippen molar-refractivity contribution in [3.05, 3.63) is 108 Å². The smallest absolute Gasteiger partial charge is 0.295 e. The van der Waals surface area contributed by atoms with Gasteiger partial charge in [-0.05, 0) is 67.9 Å². The van der Waals surface area contributed by atoms with Crippen LogP contribution in [0.5, 0.6) is 11.8 Å². The van der Waals surface area contributed by atoms with Crippen LogP contribution >= 0.6 is 12.0 Å². The molecule has 0 atom stereocenters. The summed E-state index contributed by atoms with van der Waals surface area (Å²) in [6.07, 6.45) is 0. The molecular formula is C32H26N8O8S2. The number of aromatic hydroxyl groups is 2. The molecule has 6 rings (SSSR count). The van der Waals surface area contributed by atoms with Gasteiger partial charge < -0.3 is 10.2 Å². The van der Waals surface area contributed by atoms with E-state index in [1.165, 1.54) is 39.7 Å². The van der Waals surface area contributed by atoms with Crippen LogP contribution in [0.2, 0.25) is 0 Å². The van der Waals surface area contributed by atoms with Crippen molar-refractivity contribution < 1.29 is 37.8 Å². The fourth-order valence-electron chi connectivity index (χ4n) is 4.89. The molecule has 4 aromatic carbocycles. The average molecular weight is 715 g/mol. The zero-order chi connectivity index (χ0) is 35.4. The van der Waals surface area contributed by atoms with Crippen molar-refractivity contribution in [2.75, 3.05) is 0 Å². The van der Waals surface area contributed by atoms with Crippen molar-refractivity contribution in [3.8, 4) is 34.3 Å². The van der Waals surface area contributed by atoms with Crippen LogP contribution in [0, 0.1) is 13.8 Å². The van der Waals surface area contributed by atoms with Crippen molar-refractivity contribution >= 4 is 44.9 Å². The predicted octanol–water partition coefficient (Wildman–Crippen LogP) is 8.26. The van der Waals surface area contributed by atoms with Gasteiger partial charge in [0.25, 0.3) is 10.1 Å². The molecule has 0 aliphatic heterocycles. The van der Waals surface area contributed by atoms with Crippen LogP contribution in [-0.2, 0) is 19.5 Å². The molecule has 16 nitrogen and oxygen atoms in total. The van der Waals surface area contributed by atoms with Crippen molar-refractivity contribution in [2.45, 2.75) is 23.6 Å². The molecular weight excluding hydrogens is 689 g/mol. The molecule has 0 radical (unpaired) electrons. The summed E-state index contributed by atoms with van der Waals surface area (Å²) in [6.45, 7) is 3.29. The number of rotatable bonds is 11. The summed E-state index contributed by atoms with van der Waals surface area (Å²) in [5.41, 5.74) is 2.71. The molecule has 0 spiro atoms. The summed E-state index contributed by atoms with van der Waals surface area (Å²) in [6, 6.07) is 26.2. The Labute approximate surface area is 288 Å². The first kappa shape index (κ1) is 34.1. The zero-order valence-electron chi connectivity index (χ0n) is 26.1. The lowest BCUT2D eigenvalue weighted by Gasteiger charge is -2.12. The fraction of sp³-hybridized carbons (Fsp3) is 0.0625. The fourth-order valence-corrected chi connectivity index (χ4v) is 6.15. The van der Waals surface area contributed by atoms with Crippen molar-refractivity contribution in [1.82, 2.24) is 19.6 Å². The first-order valence-corrected chi connectivity index (χ1v) is 16.7. The summed E-state index contributed by atoms with van der Waals surface area (Å²) < 4.78 is 42.7. The van der Waals surface area contributed by atoms with Gasteiger partial charge in [-0.2, -0.15) is 38.2 Å². The highest BCUT2D eigenvalue weighted by atomic mass is 32.2. The van der Waals surface area contributed by atoms with E-state index in [0.717, 1.165) is 6.07 Å². The summed E-state index contributed by atoms with van der Waals surface area (Å²) >= 11 is 0.525. The zero-order valence-corrected chi connectivity index (χ0v) is 27.7. The largest absolute Gasteiger partial charge is 0.492 e. The maximum atomic E-state index is 12.6. The Morgan fingerprint density at radius 3 is 1.64 bits per heavy atom. The first-order chi connectivity index (χ1) is 24.0. The van der Waals surface area contributed by atoms with Crippen molar-refractivity contribution in [3.63, 3.8) is 0 Å². The molecule has 0 bridgehead atoms. The van der Waals surface area contributed by atoms with E-state index in [1.54, 1.807) is 62.4 Å². The Hall–Kier alpha value is -5.76. The Bertz CT molecular complexity index is 2350. The van der Waals surface area contributed by atoms with E-state index in [1.807, 2.05) is 12.1 Å². The number of azo groups is 2. The summed E-state index contributed by atoms with van der Waals surface area (Å²) in [7, 11) is -4.84. The van der Waals surface area contributed by atoms with Gasteiger partial charge >= 0.3 is 0 Å². The number of hydrogen-bond donors (Lipinski definition) is 4. The van der Waals surface area contributed by atoms with Crippen LogP contribution < -0.4 is 0 Å². The highest BCUT2D eigenvalue weighted by molar-refractivity contribution is 7.94. The minimum absolute atomic E-state index is 0.0347. The monoisotopic (exact) mass is 714 g/mol. The molecule has 6 aromatic rings. The first-order valence-electron chi connectivity index (χ1n) is 14.5. The van der Waals surface area contributed by atoms with Crippen LogP contribution in [0.4, 0.5) is 22.7 Å². The van der Waals surface area contributed by atoms with Crippen LogP contribution in [-0.4, -0.2) is 48.0 Å². The van der Waals surface area contributed by atoms with E-state index < -0.39 is 15.0 Å². The standard InChI is InChI=1S/C32H26N8O8S2/c1-19-29(31(41)39(37-19)23-9-5-3-6-10-23)35-33-21-13-15-25(27(17-21)49-48-47-43)26-16-14-22(18-28(26)50(44,45)46)34-36-30-20(2)38-40(32(30)42)24-11-7-4-8-12-24/h3-18,41-43H,1-2H3,(H,44,45,46)/b35-33+,36-34+. The van der Waals surface area contributed by atoms with Crippen LogP contribution in [0.1, 0.15) is 11.4 Å². The molecule has 0 fully saturated rings. The van der Waals surface area contributed by atoms with Gasteiger partial charge in [0.1, 0.15) is 4.90 Å². The second kappa shape index (κ2) is 14.4. The van der Waals surface area contributed by atoms with Gasteiger partial charge in [-0.3, -0.25) is 4.55 Å². The maximum Gasteiger partial charge on any atom is 0.295 e. The van der Waals surface area contributed by atoms with E-state index in [9.17, 15) is 23.2 Å². The van der Waals surface area contributed by atoms with Crippen LogP contribution in [0.3, 0.4) is 0 Å². The maximum absolute atomic E-state index is 12.6. The quantitative estimate of drug-likeness (QED) is 0.0329. The molecule has 0 amide bonds. The Morgan fingerprint density at radius 1 is 0.680 bits per heavy atom. The van der Waals surface area contributed by atoms with Gasteiger partial charge in [-0.25, -0.2) is 5.26 Å². The minimum atomic E-state index is -4.84. The molecule has 0 saturated carbocycles. The summed E-state index contributed by atoms with van der Waals surface area (Å²) in [5, 5.41) is 59.3. The third-order valence-electron chi connectivity index (χ3n) is 7.20. The summed E-state index contributed by atoms with van der Waals surface area (Å²) in [4.78, 5) is -0.325. The van der Waals surface area contributed by atoms with Crippen LogP contribution in [0.15, 0.2) is 127 Å². The third-order valence-corrected chi connectivity index (χ3v) is 8.74. The number of benzene rings is 4. The Balaban J connectivity index is 1.33.